The molecular weight excluding hydrogens is 200 g/mol. The van der Waals surface area contributed by atoms with Crippen LogP contribution in [0.5, 0.6) is 0 Å². The second kappa shape index (κ2) is 4.85. The molecule has 1 unspecified atom stereocenters. The predicted octanol–water partition coefficient (Wildman–Crippen LogP) is 1.59. The maximum absolute atomic E-state index is 9.94. The summed E-state index contributed by atoms with van der Waals surface area (Å²) in [7, 11) is 0. The van der Waals surface area contributed by atoms with E-state index in [0.29, 0.717) is 0 Å². The summed E-state index contributed by atoms with van der Waals surface area (Å²) in [6.45, 7) is 4.51. The molecule has 1 fully saturated rings. The fraction of sp³-hybridized carbons (Fsp3) is 0.538. The molecule has 3 heteroatoms. The monoisotopic (exact) mass is 220 g/mol. The highest BCUT2D eigenvalue weighted by Gasteiger charge is 2.18. The molecule has 16 heavy (non-hydrogen) atoms. The smallest absolute Gasteiger partial charge is 0.0932 e. The minimum absolute atomic E-state index is 0.282. The lowest BCUT2D eigenvalue weighted by atomic mass is 10.0. The summed E-state index contributed by atoms with van der Waals surface area (Å²) in [6, 6.07) is 6.25. The Morgan fingerprint density at radius 3 is 2.69 bits per heavy atom. The molecule has 1 atom stereocenters. The van der Waals surface area contributed by atoms with Gasteiger partial charge in [-0.2, -0.15) is 0 Å². The standard InChI is InChI=1S/C13H20N2O/c1-10-4-5-12(15-6-2-3-7-15)11(8-10)13(16)9-14/h4-5,8,13,16H,2-3,6-7,9,14H2,1H3. The number of hydrogen-bond donors (Lipinski definition) is 2. The lowest BCUT2D eigenvalue weighted by Gasteiger charge is -2.23. The summed E-state index contributed by atoms with van der Waals surface area (Å²) in [5, 5.41) is 9.94. The van der Waals surface area contributed by atoms with Crippen molar-refractivity contribution in [2.24, 2.45) is 5.73 Å². The van der Waals surface area contributed by atoms with Crippen molar-refractivity contribution in [3.63, 3.8) is 0 Å². The van der Waals surface area contributed by atoms with Crippen LogP contribution in [-0.2, 0) is 0 Å². The minimum atomic E-state index is -0.546. The van der Waals surface area contributed by atoms with E-state index < -0.39 is 6.10 Å². The highest BCUT2D eigenvalue weighted by atomic mass is 16.3. The van der Waals surface area contributed by atoms with Crippen molar-refractivity contribution in [2.45, 2.75) is 25.9 Å². The van der Waals surface area contributed by atoms with Gasteiger partial charge >= 0.3 is 0 Å². The first-order valence-corrected chi connectivity index (χ1v) is 5.96. The highest BCUT2D eigenvalue weighted by molar-refractivity contribution is 5.56. The molecule has 1 aromatic carbocycles. The first-order chi connectivity index (χ1) is 7.72. The molecule has 1 aromatic rings. The Labute approximate surface area is 96.9 Å². The van der Waals surface area contributed by atoms with Gasteiger partial charge in [-0.05, 0) is 25.8 Å². The van der Waals surface area contributed by atoms with Crippen LogP contribution in [0.25, 0.3) is 0 Å². The molecule has 1 saturated heterocycles. The molecule has 0 radical (unpaired) electrons. The van der Waals surface area contributed by atoms with Gasteiger partial charge in [0.15, 0.2) is 0 Å². The average Bonchev–Trinajstić information content (AvgIpc) is 2.81. The van der Waals surface area contributed by atoms with Gasteiger partial charge in [0.05, 0.1) is 6.10 Å². The quantitative estimate of drug-likeness (QED) is 0.813. The van der Waals surface area contributed by atoms with Crippen LogP contribution in [0.1, 0.15) is 30.1 Å². The molecule has 0 spiro atoms. The van der Waals surface area contributed by atoms with Gasteiger partial charge < -0.3 is 15.7 Å². The van der Waals surface area contributed by atoms with Crippen LogP contribution in [0.15, 0.2) is 18.2 Å². The van der Waals surface area contributed by atoms with Gasteiger partial charge in [0.1, 0.15) is 0 Å². The molecule has 1 aliphatic rings. The molecule has 2 rings (SSSR count). The van der Waals surface area contributed by atoms with Gasteiger partial charge in [-0.1, -0.05) is 17.7 Å². The molecule has 1 heterocycles. The van der Waals surface area contributed by atoms with Crippen LogP contribution in [0.4, 0.5) is 5.69 Å². The van der Waals surface area contributed by atoms with E-state index in [1.165, 1.54) is 18.4 Å². The Morgan fingerprint density at radius 1 is 1.38 bits per heavy atom. The topological polar surface area (TPSA) is 49.5 Å². The Kier molecular flexibility index (Phi) is 3.46. The van der Waals surface area contributed by atoms with Crippen LogP contribution in [0.2, 0.25) is 0 Å². The summed E-state index contributed by atoms with van der Waals surface area (Å²) in [5.74, 6) is 0. The molecule has 0 bridgehead atoms. The average molecular weight is 220 g/mol. The van der Waals surface area contributed by atoms with E-state index in [2.05, 4.69) is 17.0 Å². The number of aliphatic hydroxyl groups is 1. The van der Waals surface area contributed by atoms with Gasteiger partial charge in [-0.3, -0.25) is 0 Å². The van der Waals surface area contributed by atoms with Crippen molar-refractivity contribution in [3.05, 3.63) is 29.3 Å². The van der Waals surface area contributed by atoms with Gasteiger partial charge in [-0.25, -0.2) is 0 Å². The van der Waals surface area contributed by atoms with E-state index in [1.807, 2.05) is 13.0 Å². The van der Waals surface area contributed by atoms with Crippen LogP contribution < -0.4 is 10.6 Å². The second-order valence-corrected chi connectivity index (χ2v) is 4.51. The maximum Gasteiger partial charge on any atom is 0.0932 e. The van der Waals surface area contributed by atoms with Crippen molar-refractivity contribution >= 4 is 5.69 Å². The Balaban J connectivity index is 2.34. The van der Waals surface area contributed by atoms with Crippen LogP contribution >= 0.6 is 0 Å². The van der Waals surface area contributed by atoms with E-state index in [0.717, 1.165) is 24.3 Å². The number of nitrogens with zero attached hydrogens (tertiary/aromatic N) is 1. The number of anilines is 1. The first-order valence-electron chi connectivity index (χ1n) is 5.96. The van der Waals surface area contributed by atoms with Crippen molar-refractivity contribution in [1.82, 2.24) is 0 Å². The zero-order valence-corrected chi connectivity index (χ0v) is 9.82. The SMILES string of the molecule is Cc1ccc(N2CCCC2)c(C(O)CN)c1. The predicted molar refractivity (Wildman–Crippen MR) is 66.6 cm³/mol. The summed E-state index contributed by atoms with van der Waals surface area (Å²) < 4.78 is 0. The number of aryl methyl sites for hydroxylation is 1. The van der Waals surface area contributed by atoms with E-state index in [4.69, 9.17) is 5.73 Å². The Bertz CT molecular complexity index is 359. The molecule has 0 aliphatic carbocycles. The zero-order chi connectivity index (χ0) is 11.5. The van der Waals surface area contributed by atoms with Crippen LogP contribution in [-0.4, -0.2) is 24.7 Å². The lowest BCUT2D eigenvalue weighted by Crippen LogP contribution is -2.22. The van der Waals surface area contributed by atoms with Gasteiger partial charge in [0.2, 0.25) is 0 Å². The molecule has 0 amide bonds. The highest BCUT2D eigenvalue weighted by Crippen LogP contribution is 2.29. The van der Waals surface area contributed by atoms with E-state index in [9.17, 15) is 5.11 Å². The molecule has 1 aliphatic heterocycles. The normalized spacial score (nSPS) is 17.8. The summed E-state index contributed by atoms with van der Waals surface area (Å²) in [5.41, 5.74) is 8.85. The van der Waals surface area contributed by atoms with Crippen LogP contribution in [0.3, 0.4) is 0 Å². The first kappa shape index (κ1) is 11.4. The van der Waals surface area contributed by atoms with Crippen molar-refractivity contribution in [1.29, 1.82) is 0 Å². The molecule has 0 aromatic heterocycles. The van der Waals surface area contributed by atoms with Gasteiger partial charge in [0.25, 0.3) is 0 Å². The fourth-order valence-electron chi connectivity index (χ4n) is 2.31. The van der Waals surface area contributed by atoms with Crippen molar-refractivity contribution < 1.29 is 5.11 Å². The molecule has 3 N–H and O–H groups in total. The minimum Gasteiger partial charge on any atom is -0.387 e. The maximum atomic E-state index is 9.94. The summed E-state index contributed by atoms with van der Waals surface area (Å²) >= 11 is 0. The van der Waals surface area contributed by atoms with E-state index in [-0.39, 0.29) is 6.54 Å². The number of rotatable bonds is 3. The third-order valence-corrected chi connectivity index (χ3v) is 3.21. The third kappa shape index (κ3) is 2.20. The molecule has 0 saturated carbocycles. The number of aliphatic hydroxyl groups excluding tert-OH is 1. The zero-order valence-electron chi connectivity index (χ0n) is 9.82. The number of benzene rings is 1. The van der Waals surface area contributed by atoms with Gasteiger partial charge in [0, 0.05) is 30.9 Å². The Hall–Kier alpha value is -1.06. The lowest BCUT2D eigenvalue weighted by molar-refractivity contribution is 0.187. The molecular formula is C13H20N2O. The van der Waals surface area contributed by atoms with Crippen molar-refractivity contribution in [2.75, 3.05) is 24.5 Å². The van der Waals surface area contributed by atoms with Crippen LogP contribution in [0, 0.1) is 6.92 Å². The fourth-order valence-corrected chi connectivity index (χ4v) is 2.31. The summed E-state index contributed by atoms with van der Waals surface area (Å²) in [4.78, 5) is 2.34. The van der Waals surface area contributed by atoms with Crippen molar-refractivity contribution in [3.8, 4) is 0 Å². The largest absolute Gasteiger partial charge is 0.387 e. The Morgan fingerprint density at radius 2 is 2.06 bits per heavy atom. The van der Waals surface area contributed by atoms with Gasteiger partial charge in [-0.15, -0.1) is 0 Å². The molecule has 3 nitrogen and oxygen atoms in total. The third-order valence-electron chi connectivity index (χ3n) is 3.21. The number of nitrogens with two attached hydrogens (primary N) is 1. The summed E-state index contributed by atoms with van der Waals surface area (Å²) in [6.07, 6.45) is 1.94. The van der Waals surface area contributed by atoms with E-state index in [1.54, 1.807) is 0 Å². The molecule has 88 valence electrons. The number of hydrogen-bond acceptors (Lipinski definition) is 3. The van der Waals surface area contributed by atoms with E-state index >= 15 is 0 Å². The second-order valence-electron chi connectivity index (χ2n) is 4.51.